The summed E-state index contributed by atoms with van der Waals surface area (Å²) in [5, 5.41) is 12.9. The van der Waals surface area contributed by atoms with Crippen LogP contribution in [0.5, 0.6) is 0 Å². The van der Waals surface area contributed by atoms with E-state index in [9.17, 15) is 9.59 Å². The van der Waals surface area contributed by atoms with Crippen LogP contribution >= 0.6 is 0 Å². The number of ether oxygens (including phenoxy) is 1. The van der Waals surface area contributed by atoms with Gasteiger partial charge in [0, 0.05) is 30.1 Å². The summed E-state index contributed by atoms with van der Waals surface area (Å²) in [6.07, 6.45) is 3.18. The van der Waals surface area contributed by atoms with E-state index in [-0.39, 0.29) is 18.1 Å². The van der Waals surface area contributed by atoms with E-state index in [4.69, 9.17) is 14.4 Å². The number of carbonyl (C=O) groups excluding carboxylic acids is 1. The van der Waals surface area contributed by atoms with Crippen LogP contribution in [0.25, 0.3) is 17.2 Å². The monoisotopic (exact) mass is 488 g/mol. The smallest absolute Gasteiger partial charge is 0.410 e. The first-order valence-electron chi connectivity index (χ1n) is 12.0. The first-order valence-corrected chi connectivity index (χ1v) is 12.0. The van der Waals surface area contributed by atoms with E-state index in [1.807, 2.05) is 58.9 Å². The first-order chi connectivity index (χ1) is 17.0. The lowest BCUT2D eigenvalue weighted by molar-refractivity contribution is -0.131. The molecule has 1 aliphatic carbocycles. The standard InChI is InChI=1S/C29H32N2O5/c1-18-27(19(2)36-30-18)23-13-11-22(12-14-23)24-16-25(24)31(28(34)35-29(3,4)5)17-21-8-6-20(7-9-21)10-15-26(32)33/h6-15,24-25H,16-17H2,1-5H3,(H,32,33)/b15-10+. The van der Waals surface area contributed by atoms with Crippen molar-refractivity contribution in [2.24, 2.45) is 0 Å². The van der Waals surface area contributed by atoms with E-state index in [0.29, 0.717) is 6.54 Å². The minimum atomic E-state index is -0.991. The summed E-state index contributed by atoms with van der Waals surface area (Å²) in [6.45, 7) is 9.85. The number of carboxylic acids is 1. The van der Waals surface area contributed by atoms with Crippen molar-refractivity contribution in [3.63, 3.8) is 0 Å². The zero-order chi connectivity index (χ0) is 26.0. The van der Waals surface area contributed by atoms with Crippen molar-refractivity contribution in [1.82, 2.24) is 10.1 Å². The number of rotatable bonds is 7. The number of amides is 1. The molecular formula is C29H32N2O5. The van der Waals surface area contributed by atoms with Gasteiger partial charge in [0.2, 0.25) is 0 Å². The molecule has 1 aliphatic rings. The predicted octanol–water partition coefficient (Wildman–Crippen LogP) is 6.35. The van der Waals surface area contributed by atoms with Gasteiger partial charge in [-0.25, -0.2) is 9.59 Å². The highest BCUT2D eigenvalue weighted by Gasteiger charge is 2.46. The van der Waals surface area contributed by atoms with Gasteiger partial charge >= 0.3 is 12.1 Å². The van der Waals surface area contributed by atoms with Gasteiger partial charge in [0.05, 0.1) is 5.69 Å². The third kappa shape index (κ3) is 6.03. The molecule has 0 aliphatic heterocycles. The molecule has 1 fully saturated rings. The second kappa shape index (κ2) is 10.0. The fourth-order valence-electron chi connectivity index (χ4n) is 4.41. The predicted molar refractivity (Wildman–Crippen MR) is 137 cm³/mol. The zero-order valence-corrected chi connectivity index (χ0v) is 21.3. The van der Waals surface area contributed by atoms with Gasteiger partial charge in [-0.2, -0.15) is 0 Å². The summed E-state index contributed by atoms with van der Waals surface area (Å²) in [5.41, 5.74) is 5.27. The minimum Gasteiger partial charge on any atom is -0.478 e. The molecule has 0 spiro atoms. The van der Waals surface area contributed by atoms with Gasteiger partial charge < -0.3 is 19.3 Å². The molecule has 1 saturated carbocycles. The number of aliphatic carboxylic acids is 1. The Bertz CT molecular complexity index is 1250. The molecule has 1 heterocycles. The molecule has 188 valence electrons. The number of hydrogen-bond acceptors (Lipinski definition) is 5. The molecule has 0 radical (unpaired) electrons. The van der Waals surface area contributed by atoms with E-state index < -0.39 is 11.6 Å². The van der Waals surface area contributed by atoms with Gasteiger partial charge in [0.25, 0.3) is 0 Å². The molecule has 1 N–H and O–H groups in total. The lowest BCUT2D eigenvalue weighted by Crippen LogP contribution is -2.38. The zero-order valence-electron chi connectivity index (χ0n) is 21.3. The summed E-state index contributed by atoms with van der Waals surface area (Å²) < 4.78 is 11.0. The molecule has 3 aromatic rings. The van der Waals surface area contributed by atoms with Gasteiger partial charge in [0.1, 0.15) is 11.4 Å². The van der Waals surface area contributed by atoms with Crippen LogP contribution in [0.15, 0.2) is 59.1 Å². The van der Waals surface area contributed by atoms with Crippen molar-refractivity contribution in [2.45, 2.75) is 65.1 Å². The molecule has 2 atom stereocenters. The SMILES string of the molecule is Cc1noc(C)c1-c1ccc(C2CC2N(Cc2ccc(/C=C/C(=O)O)cc2)C(=O)OC(C)(C)C)cc1. The summed E-state index contributed by atoms with van der Waals surface area (Å²) in [6, 6.07) is 15.9. The van der Waals surface area contributed by atoms with Crippen LogP contribution in [0.4, 0.5) is 4.79 Å². The van der Waals surface area contributed by atoms with Gasteiger partial charge in [-0.3, -0.25) is 0 Å². The van der Waals surface area contributed by atoms with Crippen LogP contribution in [0.1, 0.15) is 61.3 Å². The number of aromatic nitrogens is 1. The third-order valence-electron chi connectivity index (χ3n) is 6.20. The summed E-state index contributed by atoms with van der Waals surface area (Å²) in [4.78, 5) is 25.7. The topological polar surface area (TPSA) is 92.9 Å². The molecule has 2 unspecified atom stereocenters. The Morgan fingerprint density at radius 3 is 2.33 bits per heavy atom. The minimum absolute atomic E-state index is 0.0383. The molecule has 7 heteroatoms. The maximum Gasteiger partial charge on any atom is 0.410 e. The fourth-order valence-corrected chi connectivity index (χ4v) is 4.41. The lowest BCUT2D eigenvalue weighted by Gasteiger charge is -2.28. The Balaban J connectivity index is 1.51. The Labute approximate surface area is 211 Å². The van der Waals surface area contributed by atoms with Gasteiger partial charge in [-0.05, 0) is 69.4 Å². The number of benzene rings is 2. The van der Waals surface area contributed by atoms with Crippen LogP contribution in [0, 0.1) is 13.8 Å². The Morgan fingerprint density at radius 1 is 1.11 bits per heavy atom. The molecule has 1 amide bonds. The molecule has 4 rings (SSSR count). The molecule has 1 aromatic heterocycles. The van der Waals surface area contributed by atoms with Crippen LogP contribution in [0.2, 0.25) is 0 Å². The number of carboxylic acid groups (broad SMARTS) is 1. The largest absolute Gasteiger partial charge is 0.478 e. The normalized spacial score (nSPS) is 17.2. The van der Waals surface area contributed by atoms with E-state index in [1.54, 1.807) is 11.0 Å². The second-order valence-electron chi connectivity index (χ2n) is 10.3. The van der Waals surface area contributed by atoms with Crippen molar-refractivity contribution >= 4 is 18.1 Å². The van der Waals surface area contributed by atoms with Crippen molar-refractivity contribution in [2.75, 3.05) is 0 Å². The number of carbonyl (C=O) groups is 2. The first kappa shape index (κ1) is 25.2. The Hall–Kier alpha value is -3.87. The maximum atomic E-state index is 13.2. The summed E-state index contributed by atoms with van der Waals surface area (Å²) >= 11 is 0. The van der Waals surface area contributed by atoms with Crippen LogP contribution in [0.3, 0.4) is 0 Å². The van der Waals surface area contributed by atoms with E-state index in [2.05, 4.69) is 29.4 Å². The average molecular weight is 489 g/mol. The van der Waals surface area contributed by atoms with E-state index in [0.717, 1.165) is 46.2 Å². The molecule has 0 saturated heterocycles. The summed E-state index contributed by atoms with van der Waals surface area (Å²) in [5.74, 6) is 0.0359. The van der Waals surface area contributed by atoms with Gasteiger partial charge in [0.15, 0.2) is 0 Å². The molecular weight excluding hydrogens is 456 g/mol. The molecule has 7 nitrogen and oxygen atoms in total. The highest BCUT2D eigenvalue weighted by Crippen LogP contribution is 2.46. The molecule has 0 bridgehead atoms. The van der Waals surface area contributed by atoms with E-state index in [1.165, 1.54) is 5.56 Å². The highest BCUT2D eigenvalue weighted by molar-refractivity contribution is 5.85. The van der Waals surface area contributed by atoms with Crippen molar-refractivity contribution in [3.8, 4) is 11.1 Å². The van der Waals surface area contributed by atoms with Crippen molar-refractivity contribution in [3.05, 3.63) is 82.8 Å². The van der Waals surface area contributed by atoms with Crippen LogP contribution in [-0.4, -0.2) is 38.9 Å². The number of nitrogens with zero attached hydrogens (tertiary/aromatic N) is 2. The molecule has 36 heavy (non-hydrogen) atoms. The maximum absolute atomic E-state index is 13.2. The number of hydrogen-bond donors (Lipinski definition) is 1. The fraction of sp³-hybridized carbons (Fsp3) is 0.345. The van der Waals surface area contributed by atoms with Crippen molar-refractivity contribution < 1.29 is 24.0 Å². The number of aryl methyl sites for hydroxylation is 2. The Kier molecular flexibility index (Phi) is 7.02. The average Bonchev–Trinajstić information content (AvgIpc) is 3.53. The lowest BCUT2D eigenvalue weighted by atomic mass is 10.0. The second-order valence-corrected chi connectivity index (χ2v) is 10.3. The quantitative estimate of drug-likeness (QED) is 0.390. The van der Waals surface area contributed by atoms with Gasteiger partial charge in [-0.15, -0.1) is 0 Å². The van der Waals surface area contributed by atoms with E-state index >= 15 is 0 Å². The highest BCUT2D eigenvalue weighted by atomic mass is 16.6. The molecule has 2 aromatic carbocycles. The Morgan fingerprint density at radius 2 is 1.78 bits per heavy atom. The third-order valence-corrected chi connectivity index (χ3v) is 6.20. The van der Waals surface area contributed by atoms with Crippen LogP contribution in [-0.2, 0) is 16.1 Å². The summed E-state index contributed by atoms with van der Waals surface area (Å²) in [7, 11) is 0. The van der Waals surface area contributed by atoms with Gasteiger partial charge in [-0.1, -0.05) is 53.7 Å². The van der Waals surface area contributed by atoms with Crippen LogP contribution < -0.4 is 0 Å². The van der Waals surface area contributed by atoms with Crippen molar-refractivity contribution in [1.29, 1.82) is 0 Å².